The van der Waals surface area contributed by atoms with Crippen molar-refractivity contribution in [2.45, 2.75) is 32.7 Å². The van der Waals surface area contributed by atoms with Crippen LogP contribution >= 0.6 is 0 Å². The van der Waals surface area contributed by atoms with Crippen molar-refractivity contribution in [1.29, 1.82) is 0 Å². The maximum atomic E-state index is 13.3. The summed E-state index contributed by atoms with van der Waals surface area (Å²) in [4.78, 5) is 21.7. The van der Waals surface area contributed by atoms with E-state index >= 15 is 0 Å². The van der Waals surface area contributed by atoms with Crippen molar-refractivity contribution in [2.24, 2.45) is 0 Å². The van der Waals surface area contributed by atoms with Gasteiger partial charge in [0.15, 0.2) is 5.65 Å². The summed E-state index contributed by atoms with van der Waals surface area (Å²) in [7, 11) is 0. The van der Waals surface area contributed by atoms with Crippen molar-refractivity contribution in [3.8, 4) is 5.75 Å². The molecule has 0 aliphatic carbocycles. The average Bonchev–Trinajstić information content (AvgIpc) is 3.14. The van der Waals surface area contributed by atoms with Crippen molar-refractivity contribution in [3.05, 3.63) is 84.1 Å². The monoisotopic (exact) mass is 432 g/mol. The highest BCUT2D eigenvalue weighted by molar-refractivity contribution is 5.92. The lowest BCUT2D eigenvalue weighted by atomic mass is 10.2. The number of fused-ring (bicyclic) bond motifs is 1. The van der Waals surface area contributed by atoms with E-state index in [1.807, 2.05) is 47.9 Å². The van der Waals surface area contributed by atoms with Crippen LogP contribution in [0.2, 0.25) is 0 Å². The molecule has 0 unspecified atom stereocenters. The molecule has 2 heterocycles. The molecular weight excluding hydrogens is 407 g/mol. The van der Waals surface area contributed by atoms with Crippen LogP contribution in [0.15, 0.2) is 66.9 Å². The summed E-state index contributed by atoms with van der Waals surface area (Å²) in [5.41, 5.74) is 3.22. The van der Waals surface area contributed by atoms with E-state index in [0.29, 0.717) is 43.9 Å². The van der Waals surface area contributed by atoms with Crippen LogP contribution in [0.4, 0.5) is 10.1 Å². The number of imidazole rings is 1. The molecule has 7 heteroatoms. The molecule has 1 amide bonds. The van der Waals surface area contributed by atoms with Crippen LogP contribution in [0.25, 0.3) is 11.2 Å². The fraction of sp³-hybridized carbons (Fsp3) is 0.240. The van der Waals surface area contributed by atoms with Gasteiger partial charge in [-0.3, -0.25) is 4.79 Å². The summed E-state index contributed by atoms with van der Waals surface area (Å²) >= 11 is 0. The summed E-state index contributed by atoms with van der Waals surface area (Å²) in [5.74, 6) is 1.18. The molecule has 0 radical (unpaired) electrons. The van der Waals surface area contributed by atoms with Crippen molar-refractivity contribution >= 4 is 22.8 Å². The number of nitrogens with zero attached hydrogens (tertiary/aromatic N) is 3. The van der Waals surface area contributed by atoms with Gasteiger partial charge in [-0.1, -0.05) is 24.3 Å². The van der Waals surface area contributed by atoms with Crippen LogP contribution in [-0.2, 0) is 17.8 Å². The summed E-state index contributed by atoms with van der Waals surface area (Å²) < 4.78 is 20.9. The van der Waals surface area contributed by atoms with Crippen molar-refractivity contribution in [1.82, 2.24) is 14.5 Å². The molecule has 0 spiro atoms. The number of hydrogen-bond donors (Lipinski definition) is 1. The van der Waals surface area contributed by atoms with Gasteiger partial charge in [-0.2, -0.15) is 0 Å². The SMILES string of the molecule is CCOc1ccccc1NC(=O)CCCc1nc2cccnc2n1Cc1ccc(F)cc1. The molecule has 32 heavy (non-hydrogen) atoms. The molecule has 0 aliphatic heterocycles. The van der Waals surface area contributed by atoms with Crippen LogP contribution in [0.3, 0.4) is 0 Å². The Hall–Kier alpha value is -3.74. The number of ether oxygens (including phenoxy) is 1. The molecule has 0 saturated heterocycles. The number of pyridine rings is 1. The van der Waals surface area contributed by atoms with Crippen LogP contribution in [-0.4, -0.2) is 27.0 Å². The van der Waals surface area contributed by atoms with Crippen molar-refractivity contribution < 1.29 is 13.9 Å². The molecule has 0 atom stereocenters. The minimum atomic E-state index is -0.264. The highest BCUT2D eigenvalue weighted by Gasteiger charge is 2.13. The lowest BCUT2D eigenvalue weighted by Gasteiger charge is -2.11. The van der Waals surface area contributed by atoms with Gasteiger partial charge in [-0.15, -0.1) is 0 Å². The molecule has 1 N–H and O–H groups in total. The second-order valence-corrected chi connectivity index (χ2v) is 7.42. The highest BCUT2D eigenvalue weighted by atomic mass is 19.1. The quantitative estimate of drug-likeness (QED) is 0.405. The molecule has 0 fully saturated rings. The Morgan fingerprint density at radius 1 is 1.09 bits per heavy atom. The Morgan fingerprint density at radius 2 is 1.91 bits per heavy atom. The van der Waals surface area contributed by atoms with Gasteiger partial charge in [0.1, 0.15) is 22.9 Å². The lowest BCUT2D eigenvalue weighted by Crippen LogP contribution is -2.13. The minimum absolute atomic E-state index is 0.0727. The van der Waals surface area contributed by atoms with E-state index in [-0.39, 0.29) is 11.7 Å². The smallest absolute Gasteiger partial charge is 0.224 e. The van der Waals surface area contributed by atoms with Crippen molar-refractivity contribution in [3.63, 3.8) is 0 Å². The molecule has 4 aromatic rings. The summed E-state index contributed by atoms with van der Waals surface area (Å²) in [6.07, 6.45) is 3.35. The van der Waals surface area contributed by atoms with E-state index in [1.165, 1.54) is 12.1 Å². The highest BCUT2D eigenvalue weighted by Crippen LogP contribution is 2.24. The third-order valence-corrected chi connectivity index (χ3v) is 5.10. The van der Waals surface area contributed by atoms with Gasteiger partial charge in [0.2, 0.25) is 5.91 Å². The fourth-order valence-corrected chi connectivity index (χ4v) is 3.61. The number of rotatable bonds is 9. The normalized spacial score (nSPS) is 10.9. The van der Waals surface area contributed by atoms with E-state index in [1.54, 1.807) is 18.3 Å². The molecule has 6 nitrogen and oxygen atoms in total. The number of amides is 1. The first-order valence-electron chi connectivity index (χ1n) is 10.7. The predicted octanol–water partition coefficient (Wildman–Crippen LogP) is 4.98. The maximum absolute atomic E-state index is 13.3. The molecule has 0 aliphatic rings. The number of halogens is 1. The number of nitrogens with one attached hydrogen (secondary N) is 1. The van der Waals surface area contributed by atoms with E-state index in [9.17, 15) is 9.18 Å². The third kappa shape index (κ3) is 5.11. The first kappa shape index (κ1) is 21.5. The predicted molar refractivity (Wildman–Crippen MR) is 122 cm³/mol. The fourth-order valence-electron chi connectivity index (χ4n) is 3.61. The number of carbonyl (C=O) groups is 1. The van der Waals surface area contributed by atoms with Gasteiger partial charge < -0.3 is 14.6 Å². The van der Waals surface area contributed by atoms with Gasteiger partial charge in [0.25, 0.3) is 0 Å². The van der Waals surface area contributed by atoms with E-state index in [2.05, 4.69) is 10.3 Å². The Bertz CT molecular complexity index is 1200. The van der Waals surface area contributed by atoms with Gasteiger partial charge in [-0.25, -0.2) is 14.4 Å². The number of aryl methyl sites for hydroxylation is 1. The zero-order valence-electron chi connectivity index (χ0n) is 17.9. The van der Waals surface area contributed by atoms with E-state index in [4.69, 9.17) is 9.72 Å². The van der Waals surface area contributed by atoms with Crippen LogP contribution in [0.1, 0.15) is 31.2 Å². The summed E-state index contributed by atoms with van der Waals surface area (Å²) in [5, 5.41) is 2.93. The Labute approximate surface area is 186 Å². The molecular formula is C25H25FN4O2. The maximum Gasteiger partial charge on any atom is 0.224 e. The first-order valence-corrected chi connectivity index (χ1v) is 10.7. The topological polar surface area (TPSA) is 69.0 Å². The molecule has 0 saturated carbocycles. The molecule has 4 rings (SSSR count). The Balaban J connectivity index is 1.44. The van der Waals surface area contributed by atoms with Gasteiger partial charge >= 0.3 is 0 Å². The van der Waals surface area contributed by atoms with Gasteiger partial charge in [0.05, 0.1) is 18.8 Å². The van der Waals surface area contributed by atoms with Crippen molar-refractivity contribution in [2.75, 3.05) is 11.9 Å². The molecule has 2 aromatic heterocycles. The number of hydrogen-bond acceptors (Lipinski definition) is 4. The largest absolute Gasteiger partial charge is 0.492 e. The van der Waals surface area contributed by atoms with Crippen LogP contribution < -0.4 is 10.1 Å². The average molecular weight is 432 g/mol. The number of anilines is 1. The number of carbonyl (C=O) groups excluding carboxylic acids is 1. The van der Waals surface area contributed by atoms with E-state index in [0.717, 1.165) is 22.6 Å². The number of aromatic nitrogens is 3. The zero-order chi connectivity index (χ0) is 22.3. The van der Waals surface area contributed by atoms with Crippen LogP contribution in [0, 0.1) is 5.82 Å². The number of benzene rings is 2. The molecule has 164 valence electrons. The molecule has 0 bridgehead atoms. The molecule has 2 aromatic carbocycles. The standard InChI is InChI=1S/C25H25FN4O2/c1-2-32-22-9-4-3-7-20(22)29-24(31)11-5-10-23-28-21-8-6-16-27-25(21)30(23)17-18-12-14-19(26)15-13-18/h3-4,6-9,12-16H,2,5,10-11,17H2,1H3,(H,29,31). The second-order valence-electron chi connectivity index (χ2n) is 7.42. The van der Waals surface area contributed by atoms with Gasteiger partial charge in [0, 0.05) is 19.0 Å². The van der Waals surface area contributed by atoms with E-state index < -0.39 is 0 Å². The number of para-hydroxylation sites is 2. The Morgan fingerprint density at radius 3 is 2.72 bits per heavy atom. The van der Waals surface area contributed by atoms with Crippen LogP contribution in [0.5, 0.6) is 5.75 Å². The summed E-state index contributed by atoms with van der Waals surface area (Å²) in [6, 6.07) is 17.6. The summed E-state index contributed by atoms with van der Waals surface area (Å²) in [6.45, 7) is 2.98. The first-order chi connectivity index (χ1) is 15.6. The zero-order valence-corrected chi connectivity index (χ0v) is 17.9. The minimum Gasteiger partial charge on any atom is -0.492 e. The van der Waals surface area contributed by atoms with Gasteiger partial charge in [-0.05, 0) is 55.3 Å². The third-order valence-electron chi connectivity index (χ3n) is 5.10. The lowest BCUT2D eigenvalue weighted by molar-refractivity contribution is -0.116. The second kappa shape index (κ2) is 10.0. The Kier molecular flexibility index (Phi) is 6.75.